The third-order valence-corrected chi connectivity index (χ3v) is 5.23. The first-order valence-electron chi connectivity index (χ1n) is 7.39. The molecule has 1 N–H and O–H groups in total. The van der Waals surface area contributed by atoms with E-state index in [1.54, 1.807) is 6.20 Å². The Morgan fingerprint density at radius 1 is 1.22 bits per heavy atom. The van der Waals surface area contributed by atoms with Crippen molar-refractivity contribution in [3.05, 3.63) is 46.5 Å². The molecule has 1 aliphatic carbocycles. The van der Waals surface area contributed by atoms with Crippen LogP contribution in [0.1, 0.15) is 30.1 Å². The van der Waals surface area contributed by atoms with Gasteiger partial charge in [-0.2, -0.15) is 0 Å². The predicted octanol–water partition coefficient (Wildman–Crippen LogP) is 3.72. The third kappa shape index (κ3) is 3.46. The first-order valence-corrected chi connectivity index (χ1v) is 9.15. The summed E-state index contributed by atoms with van der Waals surface area (Å²) in [5, 5.41) is 8.31. The largest absolute Gasteiger partial charge is 0.302 e. The van der Waals surface area contributed by atoms with E-state index in [2.05, 4.69) is 20.3 Å². The highest BCUT2D eigenvalue weighted by Crippen LogP contribution is 2.40. The molecule has 0 atom stereocenters. The zero-order valence-corrected chi connectivity index (χ0v) is 13.9. The molecule has 0 saturated heterocycles. The lowest BCUT2D eigenvalue weighted by molar-refractivity contribution is -0.115. The van der Waals surface area contributed by atoms with Gasteiger partial charge in [0.2, 0.25) is 5.91 Å². The Labute approximate surface area is 141 Å². The highest BCUT2D eigenvalue weighted by atomic mass is 32.1. The van der Waals surface area contributed by atoms with Gasteiger partial charge in [0, 0.05) is 22.9 Å². The average Bonchev–Trinajstić information content (AvgIpc) is 3.14. The monoisotopic (exact) mass is 342 g/mol. The van der Waals surface area contributed by atoms with Crippen LogP contribution < -0.4 is 5.32 Å². The van der Waals surface area contributed by atoms with Crippen molar-refractivity contribution in [2.75, 3.05) is 5.32 Å². The molecule has 116 valence electrons. The number of carbonyl (C=O) groups is 1. The molecule has 4 rings (SSSR count). The second-order valence-electron chi connectivity index (χ2n) is 5.44. The van der Waals surface area contributed by atoms with Gasteiger partial charge in [-0.25, -0.2) is 9.97 Å². The number of aromatic nitrogens is 3. The van der Waals surface area contributed by atoms with Crippen LogP contribution in [0, 0.1) is 0 Å². The fraction of sp³-hybridized carbons (Fsp3) is 0.250. The van der Waals surface area contributed by atoms with Crippen LogP contribution in [0.4, 0.5) is 5.13 Å². The van der Waals surface area contributed by atoms with E-state index in [9.17, 15) is 4.79 Å². The van der Waals surface area contributed by atoms with Crippen LogP contribution >= 0.6 is 22.7 Å². The Morgan fingerprint density at radius 3 is 2.91 bits per heavy atom. The molecule has 7 heteroatoms. The summed E-state index contributed by atoms with van der Waals surface area (Å²) in [4.78, 5) is 25.3. The lowest BCUT2D eigenvalue weighted by atomic mass is 10.3. The van der Waals surface area contributed by atoms with Crippen molar-refractivity contribution in [3.63, 3.8) is 0 Å². The normalized spacial score (nSPS) is 13.9. The molecule has 1 aliphatic rings. The van der Waals surface area contributed by atoms with Gasteiger partial charge in [-0.05, 0) is 25.0 Å². The van der Waals surface area contributed by atoms with Crippen LogP contribution in [-0.4, -0.2) is 20.9 Å². The first kappa shape index (κ1) is 14.5. The molecule has 3 aromatic rings. The van der Waals surface area contributed by atoms with Gasteiger partial charge in [0.1, 0.15) is 5.01 Å². The van der Waals surface area contributed by atoms with Crippen molar-refractivity contribution in [2.24, 2.45) is 0 Å². The number of hydrogen-bond donors (Lipinski definition) is 1. The molecule has 0 unspecified atom stereocenters. The minimum absolute atomic E-state index is 0.0837. The van der Waals surface area contributed by atoms with E-state index in [4.69, 9.17) is 0 Å². The maximum absolute atomic E-state index is 12.1. The Bertz CT molecular complexity index is 823. The molecule has 1 amide bonds. The van der Waals surface area contributed by atoms with Crippen LogP contribution in [-0.2, 0) is 11.2 Å². The van der Waals surface area contributed by atoms with Crippen molar-refractivity contribution < 1.29 is 4.79 Å². The summed E-state index contributed by atoms with van der Waals surface area (Å²) in [5.41, 5.74) is 2.70. The Morgan fingerprint density at radius 2 is 2.13 bits per heavy atom. The Hall–Kier alpha value is -2.12. The van der Waals surface area contributed by atoms with E-state index >= 15 is 0 Å². The van der Waals surface area contributed by atoms with Gasteiger partial charge in [0.25, 0.3) is 0 Å². The number of amides is 1. The number of carbonyl (C=O) groups excluding carboxylic acids is 1. The number of pyridine rings is 1. The number of nitrogens with one attached hydrogen (secondary N) is 1. The van der Waals surface area contributed by atoms with Crippen molar-refractivity contribution in [1.82, 2.24) is 15.0 Å². The van der Waals surface area contributed by atoms with Crippen molar-refractivity contribution in [2.45, 2.75) is 25.2 Å². The summed E-state index contributed by atoms with van der Waals surface area (Å²) in [6, 6.07) is 5.71. The number of anilines is 1. The van der Waals surface area contributed by atoms with Gasteiger partial charge >= 0.3 is 0 Å². The average molecular weight is 342 g/mol. The minimum Gasteiger partial charge on any atom is -0.302 e. The molecule has 23 heavy (non-hydrogen) atoms. The molecular weight excluding hydrogens is 328 g/mol. The lowest BCUT2D eigenvalue weighted by Crippen LogP contribution is -2.14. The molecule has 3 aromatic heterocycles. The van der Waals surface area contributed by atoms with E-state index < -0.39 is 0 Å². The standard InChI is InChI=1S/C16H14N4OS2/c21-14(20-16-19-13(9-23-16)10-4-5-10)7-11-8-22-15(18-11)12-3-1-2-6-17-12/h1-3,6,8-10H,4-5,7H2,(H,19,20,21). The van der Waals surface area contributed by atoms with Gasteiger partial charge in [0.15, 0.2) is 5.13 Å². The second-order valence-corrected chi connectivity index (χ2v) is 7.15. The molecule has 5 nitrogen and oxygen atoms in total. The summed E-state index contributed by atoms with van der Waals surface area (Å²) >= 11 is 2.99. The molecule has 0 aliphatic heterocycles. The number of hydrogen-bond acceptors (Lipinski definition) is 6. The fourth-order valence-electron chi connectivity index (χ4n) is 2.23. The zero-order valence-electron chi connectivity index (χ0n) is 12.2. The Balaban J connectivity index is 1.39. The van der Waals surface area contributed by atoms with E-state index in [0.29, 0.717) is 11.0 Å². The highest BCUT2D eigenvalue weighted by Gasteiger charge is 2.26. The van der Waals surface area contributed by atoms with Crippen LogP contribution in [0.15, 0.2) is 35.2 Å². The second kappa shape index (κ2) is 6.17. The van der Waals surface area contributed by atoms with Gasteiger partial charge < -0.3 is 5.32 Å². The minimum atomic E-state index is -0.0837. The van der Waals surface area contributed by atoms with Crippen molar-refractivity contribution >= 4 is 33.7 Å². The van der Waals surface area contributed by atoms with Gasteiger partial charge in [-0.3, -0.25) is 9.78 Å². The van der Waals surface area contributed by atoms with Gasteiger partial charge in [-0.15, -0.1) is 22.7 Å². The van der Waals surface area contributed by atoms with Crippen molar-refractivity contribution in [1.29, 1.82) is 0 Å². The maximum Gasteiger partial charge on any atom is 0.232 e. The molecular formula is C16H14N4OS2. The molecule has 0 spiro atoms. The number of rotatable bonds is 5. The third-order valence-electron chi connectivity index (χ3n) is 3.54. The topological polar surface area (TPSA) is 67.8 Å². The summed E-state index contributed by atoms with van der Waals surface area (Å²) < 4.78 is 0. The molecule has 1 fully saturated rings. The highest BCUT2D eigenvalue weighted by molar-refractivity contribution is 7.14. The van der Waals surface area contributed by atoms with Crippen LogP contribution in [0.3, 0.4) is 0 Å². The predicted molar refractivity (Wildman–Crippen MR) is 91.8 cm³/mol. The molecule has 0 aromatic carbocycles. The van der Waals surface area contributed by atoms with E-state index in [-0.39, 0.29) is 12.3 Å². The molecule has 1 saturated carbocycles. The summed E-state index contributed by atoms with van der Waals surface area (Å²) in [5.74, 6) is 0.524. The summed E-state index contributed by atoms with van der Waals surface area (Å²) in [6.45, 7) is 0. The van der Waals surface area contributed by atoms with Crippen LogP contribution in [0.25, 0.3) is 10.7 Å². The van der Waals surface area contributed by atoms with Gasteiger partial charge in [0.05, 0.1) is 23.5 Å². The quantitative estimate of drug-likeness (QED) is 0.767. The number of nitrogens with zero attached hydrogens (tertiary/aromatic N) is 3. The Kier molecular flexibility index (Phi) is 3.88. The summed E-state index contributed by atoms with van der Waals surface area (Å²) in [7, 11) is 0. The zero-order chi connectivity index (χ0) is 15.6. The molecule has 0 bridgehead atoms. The number of thiazole rings is 2. The molecule has 3 heterocycles. The smallest absolute Gasteiger partial charge is 0.232 e. The van der Waals surface area contributed by atoms with E-state index in [1.165, 1.54) is 35.5 Å². The van der Waals surface area contributed by atoms with Crippen LogP contribution in [0.5, 0.6) is 0 Å². The SMILES string of the molecule is O=C(Cc1csc(-c2ccccn2)n1)Nc1nc(C2CC2)cs1. The van der Waals surface area contributed by atoms with Gasteiger partial charge in [-0.1, -0.05) is 6.07 Å². The summed E-state index contributed by atoms with van der Waals surface area (Å²) in [6.07, 6.45) is 4.42. The first-order chi connectivity index (χ1) is 11.3. The van der Waals surface area contributed by atoms with Crippen molar-refractivity contribution in [3.8, 4) is 10.7 Å². The molecule has 0 radical (unpaired) electrons. The van der Waals surface area contributed by atoms with E-state index in [1.807, 2.05) is 29.0 Å². The maximum atomic E-state index is 12.1. The fourth-order valence-corrected chi connectivity index (χ4v) is 3.84. The van der Waals surface area contributed by atoms with E-state index in [0.717, 1.165) is 22.1 Å². The van der Waals surface area contributed by atoms with Crippen LogP contribution in [0.2, 0.25) is 0 Å². The lowest BCUT2D eigenvalue weighted by Gasteiger charge is -1.99.